The highest BCUT2D eigenvalue weighted by molar-refractivity contribution is 6.31. The number of ether oxygens (including phenoxy) is 1. The number of rotatable bonds is 5. The van der Waals surface area contributed by atoms with E-state index in [1.807, 2.05) is 25.2 Å². The summed E-state index contributed by atoms with van der Waals surface area (Å²) in [6.45, 7) is 1.62. The lowest BCUT2D eigenvalue weighted by Crippen LogP contribution is -2.19. The van der Waals surface area contributed by atoms with E-state index in [9.17, 15) is 0 Å². The van der Waals surface area contributed by atoms with Crippen LogP contribution in [0.3, 0.4) is 0 Å². The largest absolute Gasteiger partial charge is 0.493 e. The Hall–Kier alpha value is -0.730. The second-order valence-electron chi connectivity index (χ2n) is 5.99. The molecule has 1 aromatic rings. The lowest BCUT2D eigenvalue weighted by atomic mass is 9.89. The molecule has 3 atom stereocenters. The van der Waals surface area contributed by atoms with Crippen molar-refractivity contribution in [1.82, 2.24) is 5.32 Å². The van der Waals surface area contributed by atoms with Crippen molar-refractivity contribution in [2.24, 2.45) is 17.8 Å². The highest BCUT2D eigenvalue weighted by Gasteiger charge is 2.39. The molecule has 3 rings (SSSR count). The Morgan fingerprint density at radius 2 is 2.21 bits per heavy atom. The number of benzene rings is 1. The molecule has 0 spiro atoms. The molecule has 0 heterocycles. The molecule has 1 N–H and O–H groups in total. The zero-order chi connectivity index (χ0) is 13.2. The highest BCUT2D eigenvalue weighted by Crippen LogP contribution is 2.48. The van der Waals surface area contributed by atoms with Crippen LogP contribution < -0.4 is 10.1 Å². The number of halogens is 1. The molecule has 19 heavy (non-hydrogen) atoms. The van der Waals surface area contributed by atoms with E-state index >= 15 is 0 Å². The molecule has 2 aliphatic rings. The van der Waals surface area contributed by atoms with Crippen LogP contribution in [-0.4, -0.2) is 13.7 Å². The molecular formula is C16H22ClNO. The van der Waals surface area contributed by atoms with Crippen LogP contribution in [0, 0.1) is 17.8 Å². The zero-order valence-corrected chi connectivity index (χ0v) is 12.2. The van der Waals surface area contributed by atoms with Crippen LogP contribution in [-0.2, 0) is 6.54 Å². The Morgan fingerprint density at radius 3 is 2.89 bits per heavy atom. The monoisotopic (exact) mass is 279 g/mol. The van der Waals surface area contributed by atoms with Gasteiger partial charge in [-0.25, -0.2) is 0 Å². The van der Waals surface area contributed by atoms with E-state index in [4.69, 9.17) is 16.3 Å². The topological polar surface area (TPSA) is 21.3 Å². The maximum absolute atomic E-state index is 6.25. The van der Waals surface area contributed by atoms with Crippen molar-refractivity contribution < 1.29 is 4.74 Å². The smallest absolute Gasteiger partial charge is 0.125 e. The van der Waals surface area contributed by atoms with Crippen molar-refractivity contribution in [3.05, 3.63) is 28.8 Å². The summed E-state index contributed by atoms with van der Waals surface area (Å²) >= 11 is 6.25. The van der Waals surface area contributed by atoms with Gasteiger partial charge in [-0.05, 0) is 56.2 Å². The van der Waals surface area contributed by atoms with Crippen LogP contribution in [0.2, 0.25) is 5.02 Å². The third-order valence-corrected chi connectivity index (χ3v) is 5.12. The maximum Gasteiger partial charge on any atom is 0.125 e. The van der Waals surface area contributed by atoms with Crippen LogP contribution in [0.4, 0.5) is 0 Å². The predicted molar refractivity (Wildman–Crippen MR) is 78.6 cm³/mol. The van der Waals surface area contributed by atoms with Crippen LogP contribution in [0.25, 0.3) is 0 Å². The Kier molecular flexibility index (Phi) is 3.99. The van der Waals surface area contributed by atoms with Gasteiger partial charge in [0.05, 0.1) is 6.61 Å². The van der Waals surface area contributed by atoms with E-state index in [2.05, 4.69) is 5.32 Å². The van der Waals surface area contributed by atoms with Crippen molar-refractivity contribution in [2.45, 2.75) is 32.2 Å². The first-order valence-electron chi connectivity index (χ1n) is 7.32. The lowest BCUT2D eigenvalue weighted by molar-refractivity contribution is 0.194. The quantitative estimate of drug-likeness (QED) is 0.883. The summed E-state index contributed by atoms with van der Waals surface area (Å²) < 4.78 is 6.08. The maximum atomic E-state index is 6.25. The number of hydrogen-bond acceptors (Lipinski definition) is 2. The first-order valence-corrected chi connectivity index (χ1v) is 7.70. The molecule has 3 heteroatoms. The average molecular weight is 280 g/mol. The Balaban J connectivity index is 1.65. The van der Waals surface area contributed by atoms with Crippen LogP contribution in [0.5, 0.6) is 5.75 Å². The molecule has 0 amide bonds. The molecule has 0 saturated heterocycles. The van der Waals surface area contributed by atoms with Gasteiger partial charge in [0.25, 0.3) is 0 Å². The summed E-state index contributed by atoms with van der Waals surface area (Å²) in [6.07, 6.45) is 5.67. The third kappa shape index (κ3) is 2.75. The van der Waals surface area contributed by atoms with E-state index < -0.39 is 0 Å². The highest BCUT2D eigenvalue weighted by atomic mass is 35.5. The number of hydrogen-bond donors (Lipinski definition) is 1. The average Bonchev–Trinajstić information content (AvgIpc) is 3.02. The normalized spacial score (nSPS) is 28.8. The summed E-state index contributed by atoms with van der Waals surface area (Å²) in [5.74, 6) is 3.61. The van der Waals surface area contributed by atoms with Crippen molar-refractivity contribution in [2.75, 3.05) is 13.7 Å². The molecule has 2 bridgehead atoms. The lowest BCUT2D eigenvalue weighted by Gasteiger charge is -2.22. The Morgan fingerprint density at radius 1 is 1.32 bits per heavy atom. The van der Waals surface area contributed by atoms with Gasteiger partial charge in [0, 0.05) is 17.1 Å². The molecule has 0 aliphatic heterocycles. The van der Waals surface area contributed by atoms with Crippen molar-refractivity contribution in [3.63, 3.8) is 0 Å². The van der Waals surface area contributed by atoms with E-state index in [0.29, 0.717) is 0 Å². The van der Waals surface area contributed by atoms with Gasteiger partial charge in [0.15, 0.2) is 0 Å². The fourth-order valence-electron chi connectivity index (χ4n) is 3.80. The fraction of sp³-hybridized carbons (Fsp3) is 0.625. The van der Waals surface area contributed by atoms with Crippen LogP contribution in [0.1, 0.15) is 31.2 Å². The van der Waals surface area contributed by atoms with Gasteiger partial charge in [-0.1, -0.05) is 24.1 Å². The minimum atomic E-state index is 0.756. The predicted octanol–water partition coefficient (Wildman–Crippen LogP) is 3.87. The third-order valence-electron chi connectivity index (χ3n) is 4.77. The zero-order valence-electron chi connectivity index (χ0n) is 11.5. The molecule has 104 valence electrons. The first-order chi connectivity index (χ1) is 9.28. The summed E-state index contributed by atoms with van der Waals surface area (Å²) in [5, 5.41) is 3.95. The Bertz CT molecular complexity index is 448. The minimum Gasteiger partial charge on any atom is -0.493 e. The van der Waals surface area contributed by atoms with Crippen molar-refractivity contribution in [1.29, 1.82) is 0 Å². The van der Waals surface area contributed by atoms with Gasteiger partial charge < -0.3 is 10.1 Å². The van der Waals surface area contributed by atoms with Gasteiger partial charge in [-0.2, -0.15) is 0 Å². The van der Waals surface area contributed by atoms with E-state index in [1.165, 1.54) is 25.7 Å². The Labute approximate surface area is 120 Å². The minimum absolute atomic E-state index is 0.756. The molecule has 0 radical (unpaired) electrons. The molecule has 0 aromatic heterocycles. The van der Waals surface area contributed by atoms with E-state index in [0.717, 1.165) is 47.2 Å². The van der Waals surface area contributed by atoms with Gasteiger partial charge in [0.1, 0.15) is 5.75 Å². The van der Waals surface area contributed by atoms with E-state index in [-0.39, 0.29) is 0 Å². The molecular weight excluding hydrogens is 258 g/mol. The molecule has 1 aromatic carbocycles. The summed E-state index contributed by atoms with van der Waals surface area (Å²) in [4.78, 5) is 0. The van der Waals surface area contributed by atoms with E-state index in [1.54, 1.807) is 0 Å². The van der Waals surface area contributed by atoms with Crippen molar-refractivity contribution in [3.8, 4) is 5.75 Å². The molecule has 2 aliphatic carbocycles. The SMILES string of the molecule is CNCc1c(Cl)cccc1OCC1CC2CCC1C2. The summed E-state index contributed by atoms with van der Waals surface area (Å²) in [6, 6.07) is 5.93. The first kappa shape index (κ1) is 13.3. The standard InChI is InChI=1S/C16H22ClNO/c1-18-9-14-15(17)3-2-4-16(14)19-10-13-8-11-5-6-12(13)7-11/h2-4,11-13,18H,5-10H2,1H3. The molecule has 3 unspecified atom stereocenters. The second-order valence-corrected chi connectivity index (χ2v) is 6.40. The van der Waals surface area contributed by atoms with Gasteiger partial charge in [-0.15, -0.1) is 0 Å². The van der Waals surface area contributed by atoms with Crippen LogP contribution >= 0.6 is 11.6 Å². The van der Waals surface area contributed by atoms with Crippen LogP contribution in [0.15, 0.2) is 18.2 Å². The van der Waals surface area contributed by atoms with Gasteiger partial charge in [-0.3, -0.25) is 0 Å². The van der Waals surface area contributed by atoms with Gasteiger partial charge in [0.2, 0.25) is 0 Å². The van der Waals surface area contributed by atoms with Crippen molar-refractivity contribution >= 4 is 11.6 Å². The molecule has 2 saturated carbocycles. The molecule has 2 nitrogen and oxygen atoms in total. The molecule has 2 fully saturated rings. The number of nitrogens with one attached hydrogen (secondary N) is 1. The summed E-state index contributed by atoms with van der Waals surface area (Å²) in [7, 11) is 1.93. The summed E-state index contributed by atoms with van der Waals surface area (Å²) in [5.41, 5.74) is 1.08. The fourth-order valence-corrected chi connectivity index (χ4v) is 4.03. The van der Waals surface area contributed by atoms with Gasteiger partial charge >= 0.3 is 0 Å². The second kappa shape index (κ2) is 5.72. The number of fused-ring (bicyclic) bond motifs is 2.